The second-order valence-corrected chi connectivity index (χ2v) is 20.8. The van der Waals surface area contributed by atoms with Gasteiger partial charge in [0, 0.05) is 51.0 Å². The summed E-state index contributed by atoms with van der Waals surface area (Å²) in [4.78, 5) is 47.9. The molecule has 5 fully saturated rings. The standard InChI is InChI=1S/C49H76ClFN2O13/c1-13-36-49(10)41(53(46(58)66-49)21-18-32-16-17-34(51)33(50)23-32)28(4)38(54)26(2)24-48(9,60-12)43(65-45-39(55)35(22-27(3)61-45)52-19-14-15-20-52)29(5)40(30(6)44(57)63-36)64-37-25-47(8,59-11)42(56)31(7)62-37/h16-17,23,26-31,35-37,39-43,45,55-56H,13-15,18-22,24-25H2,1-12H3. The van der Waals surface area contributed by atoms with Gasteiger partial charge in [0.2, 0.25) is 0 Å². The van der Waals surface area contributed by atoms with Gasteiger partial charge < -0.3 is 48.1 Å². The van der Waals surface area contributed by atoms with E-state index in [9.17, 15) is 24.2 Å². The third-order valence-corrected chi connectivity index (χ3v) is 16.0. The molecule has 0 bridgehead atoms. The van der Waals surface area contributed by atoms with Crippen LogP contribution in [0.5, 0.6) is 0 Å². The highest BCUT2D eigenvalue weighted by Gasteiger charge is 2.61. The van der Waals surface area contributed by atoms with E-state index in [1.165, 1.54) is 24.1 Å². The highest BCUT2D eigenvalue weighted by Crippen LogP contribution is 2.45. The molecular formula is C49H76ClFN2O13. The summed E-state index contributed by atoms with van der Waals surface area (Å²) in [6.07, 6.45) is -5.34. The minimum Gasteiger partial charge on any atom is -0.458 e. The zero-order valence-corrected chi connectivity index (χ0v) is 41.8. The molecular weight excluding hydrogens is 879 g/mol. The van der Waals surface area contributed by atoms with Crippen molar-refractivity contribution in [3.63, 3.8) is 0 Å². The summed E-state index contributed by atoms with van der Waals surface area (Å²) in [5.74, 6) is -4.70. The number of hydrogen-bond donors (Lipinski definition) is 2. The highest BCUT2D eigenvalue weighted by molar-refractivity contribution is 6.30. The first-order valence-electron chi connectivity index (χ1n) is 24.0. The molecule has 5 aliphatic heterocycles. The van der Waals surface area contributed by atoms with Gasteiger partial charge in [-0.25, -0.2) is 9.18 Å². The number of carbonyl (C=O) groups is 3. The van der Waals surface area contributed by atoms with E-state index in [4.69, 9.17) is 49.5 Å². The van der Waals surface area contributed by atoms with Gasteiger partial charge in [-0.1, -0.05) is 45.4 Å². The minimum atomic E-state index is -1.49. The fourth-order valence-corrected chi connectivity index (χ4v) is 11.9. The lowest BCUT2D eigenvalue weighted by atomic mass is 9.73. The maximum Gasteiger partial charge on any atom is 0.410 e. The summed E-state index contributed by atoms with van der Waals surface area (Å²) < 4.78 is 65.8. The molecule has 6 rings (SSSR count). The number of esters is 1. The number of amides is 1. The van der Waals surface area contributed by atoms with E-state index >= 15 is 4.79 Å². The monoisotopic (exact) mass is 955 g/mol. The van der Waals surface area contributed by atoms with Crippen LogP contribution in [0.25, 0.3) is 0 Å². The lowest BCUT2D eigenvalue weighted by molar-refractivity contribution is -0.319. The number of aliphatic hydroxyl groups excluding tert-OH is 2. The Labute approximate surface area is 395 Å². The summed E-state index contributed by atoms with van der Waals surface area (Å²) >= 11 is 6.13. The Bertz CT molecular complexity index is 1860. The van der Waals surface area contributed by atoms with Crippen LogP contribution in [0.2, 0.25) is 5.02 Å². The van der Waals surface area contributed by atoms with Gasteiger partial charge >= 0.3 is 12.1 Å². The normalized spacial score (nSPS) is 43.3. The van der Waals surface area contributed by atoms with E-state index < -0.39 is 114 Å². The number of ether oxygens (including phenoxy) is 8. The first-order chi connectivity index (χ1) is 31.0. The van der Waals surface area contributed by atoms with Gasteiger partial charge in [0.05, 0.1) is 52.6 Å². The molecule has 18 unspecified atom stereocenters. The first-order valence-corrected chi connectivity index (χ1v) is 24.4. The van der Waals surface area contributed by atoms with Crippen molar-refractivity contribution in [3.05, 3.63) is 34.6 Å². The molecule has 15 nitrogen and oxygen atoms in total. The molecule has 1 amide bonds. The number of hydrogen-bond acceptors (Lipinski definition) is 14. The van der Waals surface area contributed by atoms with E-state index in [0.717, 1.165) is 25.9 Å². The Balaban J connectivity index is 1.44. The van der Waals surface area contributed by atoms with Crippen molar-refractivity contribution in [2.45, 2.75) is 198 Å². The quantitative estimate of drug-likeness (QED) is 0.231. The number of carbonyl (C=O) groups excluding carboxylic acids is 3. The maximum atomic E-state index is 15.1. The second-order valence-electron chi connectivity index (χ2n) is 20.4. The van der Waals surface area contributed by atoms with Crippen LogP contribution < -0.4 is 0 Å². The summed E-state index contributed by atoms with van der Waals surface area (Å²) in [5.41, 5.74) is -3.16. The molecule has 1 aromatic rings. The lowest BCUT2D eigenvalue weighted by Gasteiger charge is -2.50. The summed E-state index contributed by atoms with van der Waals surface area (Å²) in [6.45, 7) is 19.8. The van der Waals surface area contributed by atoms with Crippen LogP contribution in [-0.4, -0.2) is 156 Å². The van der Waals surface area contributed by atoms with Crippen LogP contribution in [0, 0.1) is 29.5 Å². The summed E-state index contributed by atoms with van der Waals surface area (Å²) in [6, 6.07) is 3.24. The number of likely N-dealkylation sites (tertiary alicyclic amines) is 1. The zero-order valence-electron chi connectivity index (χ0n) is 41.0. The number of rotatable bonds is 11. The van der Waals surface area contributed by atoms with Crippen molar-refractivity contribution >= 4 is 29.4 Å². The fraction of sp³-hybridized carbons (Fsp3) is 0.816. The van der Waals surface area contributed by atoms with E-state index in [1.807, 2.05) is 34.6 Å². The zero-order chi connectivity index (χ0) is 48.6. The predicted molar refractivity (Wildman–Crippen MR) is 242 cm³/mol. The smallest absolute Gasteiger partial charge is 0.410 e. The van der Waals surface area contributed by atoms with Crippen molar-refractivity contribution in [1.82, 2.24) is 9.80 Å². The number of aliphatic hydroxyl groups is 2. The number of methoxy groups -OCH3 is 2. The average molecular weight is 956 g/mol. The molecule has 1 aromatic carbocycles. The summed E-state index contributed by atoms with van der Waals surface area (Å²) in [7, 11) is 3.06. The third-order valence-electron chi connectivity index (χ3n) is 15.7. The van der Waals surface area contributed by atoms with Gasteiger partial charge in [0.1, 0.15) is 29.9 Å². The SMILES string of the molecule is CCC1OC(=O)C(C)C(OC2CC(C)(OC)C(O)C(C)O2)C(C)C(OC2OC(C)CC(N3CCCC3)C2O)C(C)(OC)CC(C)C(=O)C(C)C2N(CCc3ccc(F)c(Cl)c3)C(=O)OC12C. The minimum absolute atomic E-state index is 0.0517. The molecule has 5 aliphatic rings. The summed E-state index contributed by atoms with van der Waals surface area (Å²) in [5, 5.41) is 23.1. The van der Waals surface area contributed by atoms with Crippen molar-refractivity contribution in [3.8, 4) is 0 Å². The fourth-order valence-electron chi connectivity index (χ4n) is 11.7. The highest BCUT2D eigenvalue weighted by atomic mass is 35.5. The molecule has 5 saturated heterocycles. The Kier molecular flexibility index (Phi) is 17.0. The van der Waals surface area contributed by atoms with Crippen molar-refractivity contribution in [2.24, 2.45) is 23.7 Å². The molecule has 0 aromatic heterocycles. The molecule has 0 aliphatic carbocycles. The first kappa shape index (κ1) is 52.9. The van der Waals surface area contributed by atoms with E-state index in [0.29, 0.717) is 12.0 Å². The van der Waals surface area contributed by atoms with Gasteiger partial charge in [-0.2, -0.15) is 0 Å². The molecule has 5 heterocycles. The molecule has 374 valence electrons. The van der Waals surface area contributed by atoms with Gasteiger partial charge in [-0.05, 0) is 111 Å². The van der Waals surface area contributed by atoms with Gasteiger partial charge in [0.15, 0.2) is 18.2 Å². The van der Waals surface area contributed by atoms with Crippen LogP contribution in [0.4, 0.5) is 9.18 Å². The number of Topliss-reactive ketones (excluding diaryl/α,β-unsaturated/α-hetero) is 1. The number of fused-ring (bicyclic) bond motifs is 1. The predicted octanol–water partition coefficient (Wildman–Crippen LogP) is 6.48. The molecule has 0 spiro atoms. The molecule has 18 atom stereocenters. The van der Waals surface area contributed by atoms with Crippen LogP contribution in [0.15, 0.2) is 18.2 Å². The number of cyclic esters (lactones) is 1. The average Bonchev–Trinajstić information content (AvgIpc) is 3.91. The molecule has 0 radical (unpaired) electrons. The maximum absolute atomic E-state index is 15.1. The Morgan fingerprint density at radius 3 is 2.20 bits per heavy atom. The van der Waals surface area contributed by atoms with E-state index in [2.05, 4.69) is 4.90 Å². The third kappa shape index (κ3) is 10.6. The van der Waals surface area contributed by atoms with Gasteiger partial charge in [-0.15, -0.1) is 0 Å². The Hall–Kier alpha value is -2.51. The van der Waals surface area contributed by atoms with Crippen molar-refractivity contribution < 1.29 is 66.9 Å². The van der Waals surface area contributed by atoms with E-state index in [-0.39, 0.29) is 55.2 Å². The number of benzene rings is 1. The van der Waals surface area contributed by atoms with Crippen LogP contribution in [0.1, 0.15) is 113 Å². The van der Waals surface area contributed by atoms with Crippen molar-refractivity contribution in [2.75, 3.05) is 33.9 Å². The molecule has 0 saturated carbocycles. The van der Waals surface area contributed by atoms with Crippen LogP contribution in [-0.2, 0) is 53.9 Å². The second kappa shape index (κ2) is 21.2. The molecule has 2 N–H and O–H groups in total. The number of halogens is 2. The number of ketones is 1. The Morgan fingerprint density at radius 1 is 0.909 bits per heavy atom. The van der Waals surface area contributed by atoms with E-state index in [1.54, 1.807) is 47.8 Å². The lowest BCUT2D eigenvalue weighted by Crippen LogP contribution is -2.62. The number of nitrogens with zero attached hydrogens (tertiary/aromatic N) is 2. The van der Waals surface area contributed by atoms with Crippen LogP contribution in [0.3, 0.4) is 0 Å². The molecule has 66 heavy (non-hydrogen) atoms. The van der Waals surface area contributed by atoms with Gasteiger partial charge in [0.25, 0.3) is 0 Å². The van der Waals surface area contributed by atoms with Crippen LogP contribution >= 0.6 is 11.6 Å². The van der Waals surface area contributed by atoms with Gasteiger partial charge in [-0.3, -0.25) is 19.4 Å². The van der Waals surface area contributed by atoms with Crippen molar-refractivity contribution in [1.29, 1.82) is 0 Å². The molecule has 17 heteroatoms. The topological polar surface area (TPSA) is 172 Å². The Morgan fingerprint density at radius 2 is 1.58 bits per heavy atom. The largest absolute Gasteiger partial charge is 0.458 e.